The van der Waals surface area contributed by atoms with Crippen LogP contribution in [0.4, 0.5) is 0 Å². The molecule has 0 saturated carbocycles. The summed E-state index contributed by atoms with van der Waals surface area (Å²) in [6.07, 6.45) is 14.2. The molecule has 0 radical (unpaired) electrons. The highest BCUT2D eigenvalue weighted by molar-refractivity contribution is 4.68. The maximum absolute atomic E-state index is 2.49. The van der Waals surface area contributed by atoms with Crippen LogP contribution < -0.4 is 0 Å². The molecule has 0 N–H and O–H groups in total. The summed E-state index contributed by atoms with van der Waals surface area (Å²) in [5.74, 6) is 2.84. The third kappa shape index (κ3) is 9.00. The van der Waals surface area contributed by atoms with E-state index in [1.165, 1.54) is 64.2 Å². The minimum atomic E-state index is 0.924. The van der Waals surface area contributed by atoms with E-state index < -0.39 is 0 Å². The molecule has 3 atom stereocenters. The van der Waals surface area contributed by atoms with Crippen molar-refractivity contribution in [2.24, 2.45) is 17.8 Å². The van der Waals surface area contributed by atoms with Crippen LogP contribution in [0.1, 0.15) is 98.8 Å². The quantitative estimate of drug-likeness (QED) is 0.335. The monoisotopic (exact) mass is 254 g/mol. The van der Waals surface area contributed by atoms with Crippen molar-refractivity contribution in [3.8, 4) is 0 Å². The van der Waals surface area contributed by atoms with E-state index in [-0.39, 0.29) is 0 Å². The molecule has 0 heterocycles. The van der Waals surface area contributed by atoms with Crippen LogP contribution in [-0.4, -0.2) is 0 Å². The van der Waals surface area contributed by atoms with Gasteiger partial charge in [0.05, 0.1) is 0 Å². The topological polar surface area (TPSA) is 0 Å². The lowest BCUT2D eigenvalue weighted by atomic mass is 9.81. The number of rotatable bonds is 12. The molecule has 0 aromatic heterocycles. The van der Waals surface area contributed by atoms with Gasteiger partial charge in [-0.25, -0.2) is 0 Å². The van der Waals surface area contributed by atoms with Gasteiger partial charge in [0.1, 0.15) is 0 Å². The predicted octanol–water partition coefficient (Wildman–Crippen LogP) is 6.84. The van der Waals surface area contributed by atoms with Gasteiger partial charge in [-0.3, -0.25) is 0 Å². The lowest BCUT2D eigenvalue weighted by Gasteiger charge is -2.24. The summed E-state index contributed by atoms with van der Waals surface area (Å²) in [7, 11) is 0. The second-order valence-electron chi connectivity index (χ2n) is 6.46. The third-order valence-electron chi connectivity index (χ3n) is 4.73. The molecule has 0 aliphatic rings. The molecule has 0 fully saturated rings. The second-order valence-corrected chi connectivity index (χ2v) is 6.46. The van der Waals surface area contributed by atoms with Crippen molar-refractivity contribution in [3.05, 3.63) is 0 Å². The number of unbranched alkanes of at least 4 members (excludes halogenated alkanes) is 4. The van der Waals surface area contributed by atoms with E-state index in [9.17, 15) is 0 Å². The fourth-order valence-corrected chi connectivity index (χ4v) is 2.92. The molecule has 0 nitrogen and oxygen atoms in total. The van der Waals surface area contributed by atoms with Crippen LogP contribution in [0.25, 0.3) is 0 Å². The Morgan fingerprint density at radius 1 is 0.667 bits per heavy atom. The van der Waals surface area contributed by atoms with Gasteiger partial charge in [-0.2, -0.15) is 0 Å². The van der Waals surface area contributed by atoms with Crippen LogP contribution in [0.3, 0.4) is 0 Å². The molecule has 18 heavy (non-hydrogen) atoms. The molecule has 3 unspecified atom stereocenters. The first-order chi connectivity index (χ1) is 8.65. The Balaban J connectivity index is 3.78. The Labute approximate surface area is 117 Å². The van der Waals surface area contributed by atoms with E-state index in [1.807, 2.05) is 0 Å². The average molecular weight is 255 g/mol. The first-order valence-electron chi connectivity index (χ1n) is 8.65. The summed E-state index contributed by atoms with van der Waals surface area (Å²) >= 11 is 0. The molecule has 0 aromatic carbocycles. The van der Waals surface area contributed by atoms with Crippen LogP contribution in [0.2, 0.25) is 0 Å². The molecule has 0 heteroatoms. The number of hydrogen-bond acceptors (Lipinski definition) is 0. The van der Waals surface area contributed by atoms with Crippen LogP contribution in [0.5, 0.6) is 0 Å². The van der Waals surface area contributed by atoms with Crippen molar-refractivity contribution < 1.29 is 0 Å². The zero-order valence-electron chi connectivity index (χ0n) is 13.8. The minimum absolute atomic E-state index is 0.924. The smallest absolute Gasteiger partial charge is 0.0414 e. The zero-order chi connectivity index (χ0) is 13.8. The predicted molar refractivity (Wildman–Crippen MR) is 85.0 cm³/mol. The van der Waals surface area contributed by atoms with Gasteiger partial charge in [0, 0.05) is 0 Å². The fraction of sp³-hybridized carbons (Fsp3) is 1.00. The van der Waals surface area contributed by atoms with Gasteiger partial charge in [0.15, 0.2) is 0 Å². The van der Waals surface area contributed by atoms with Crippen molar-refractivity contribution in [1.82, 2.24) is 0 Å². The molecule has 0 spiro atoms. The van der Waals surface area contributed by atoms with Crippen molar-refractivity contribution in [2.75, 3.05) is 0 Å². The highest BCUT2D eigenvalue weighted by atomic mass is 14.2. The zero-order valence-corrected chi connectivity index (χ0v) is 13.8. The van der Waals surface area contributed by atoms with Gasteiger partial charge in [0.2, 0.25) is 0 Å². The van der Waals surface area contributed by atoms with Crippen molar-refractivity contribution >= 4 is 0 Å². The van der Waals surface area contributed by atoms with Gasteiger partial charge in [-0.1, -0.05) is 92.4 Å². The maximum Gasteiger partial charge on any atom is -0.0414 e. The Bertz CT molecular complexity index is 161. The lowest BCUT2D eigenvalue weighted by molar-refractivity contribution is 0.268. The Morgan fingerprint density at radius 3 is 1.89 bits per heavy atom. The summed E-state index contributed by atoms with van der Waals surface area (Å²) in [6.45, 7) is 11.9. The standard InChI is InChI=1S/C18H38/c1-6-9-11-12-13-16(4)17(5)15-18(8-3)14-10-7-2/h16-18H,6-15H2,1-5H3. The molecular formula is C18H38. The number of hydrogen-bond donors (Lipinski definition) is 0. The third-order valence-corrected chi connectivity index (χ3v) is 4.73. The molecule has 0 aromatic rings. The fourth-order valence-electron chi connectivity index (χ4n) is 2.92. The largest absolute Gasteiger partial charge is 0.0654 e. The van der Waals surface area contributed by atoms with Gasteiger partial charge < -0.3 is 0 Å². The van der Waals surface area contributed by atoms with E-state index >= 15 is 0 Å². The Morgan fingerprint density at radius 2 is 1.33 bits per heavy atom. The molecule has 0 bridgehead atoms. The van der Waals surface area contributed by atoms with E-state index in [4.69, 9.17) is 0 Å². The van der Waals surface area contributed by atoms with Gasteiger partial charge >= 0.3 is 0 Å². The van der Waals surface area contributed by atoms with E-state index in [1.54, 1.807) is 0 Å². The van der Waals surface area contributed by atoms with Gasteiger partial charge in [-0.05, 0) is 24.2 Å². The normalized spacial score (nSPS) is 16.5. The summed E-state index contributed by atoms with van der Waals surface area (Å²) in [5.41, 5.74) is 0. The van der Waals surface area contributed by atoms with E-state index in [0.29, 0.717) is 0 Å². The first-order valence-corrected chi connectivity index (χ1v) is 8.65. The molecule has 0 rings (SSSR count). The molecule has 110 valence electrons. The van der Waals surface area contributed by atoms with Crippen molar-refractivity contribution in [2.45, 2.75) is 98.8 Å². The van der Waals surface area contributed by atoms with Gasteiger partial charge in [0.25, 0.3) is 0 Å². The first kappa shape index (κ1) is 18.0. The lowest BCUT2D eigenvalue weighted by Crippen LogP contribution is -2.13. The highest BCUT2D eigenvalue weighted by Gasteiger charge is 2.16. The highest BCUT2D eigenvalue weighted by Crippen LogP contribution is 2.28. The van der Waals surface area contributed by atoms with Crippen LogP contribution in [0, 0.1) is 17.8 Å². The Hall–Kier alpha value is 0. The minimum Gasteiger partial charge on any atom is -0.0654 e. The SMILES string of the molecule is CCCCCCC(C)C(C)CC(CC)CCCC. The summed E-state index contributed by atoms with van der Waals surface area (Å²) in [5, 5.41) is 0. The summed E-state index contributed by atoms with van der Waals surface area (Å²) < 4.78 is 0. The molecule has 0 aliphatic heterocycles. The maximum atomic E-state index is 2.49. The molecule has 0 amide bonds. The van der Waals surface area contributed by atoms with Crippen molar-refractivity contribution in [1.29, 1.82) is 0 Å². The summed E-state index contributed by atoms with van der Waals surface area (Å²) in [4.78, 5) is 0. The van der Waals surface area contributed by atoms with E-state index in [0.717, 1.165) is 17.8 Å². The van der Waals surface area contributed by atoms with Crippen LogP contribution >= 0.6 is 0 Å². The second kappa shape index (κ2) is 12.1. The molecular weight excluding hydrogens is 216 g/mol. The van der Waals surface area contributed by atoms with Crippen LogP contribution in [-0.2, 0) is 0 Å². The Kier molecular flexibility index (Phi) is 12.1. The van der Waals surface area contributed by atoms with Crippen LogP contribution in [0.15, 0.2) is 0 Å². The van der Waals surface area contributed by atoms with Crippen molar-refractivity contribution in [3.63, 3.8) is 0 Å². The van der Waals surface area contributed by atoms with E-state index in [2.05, 4.69) is 34.6 Å². The average Bonchev–Trinajstić information content (AvgIpc) is 2.38. The molecule has 0 saturated heterocycles. The summed E-state index contributed by atoms with van der Waals surface area (Å²) in [6, 6.07) is 0. The van der Waals surface area contributed by atoms with Gasteiger partial charge in [-0.15, -0.1) is 0 Å². The molecule has 0 aliphatic carbocycles.